The van der Waals surface area contributed by atoms with Gasteiger partial charge in [0, 0.05) is 50.4 Å². The van der Waals surface area contributed by atoms with Crippen LogP contribution in [0.1, 0.15) is 5.56 Å². The van der Waals surface area contributed by atoms with E-state index in [1.807, 2.05) is 4.90 Å². The fourth-order valence-corrected chi connectivity index (χ4v) is 4.41. The Morgan fingerprint density at radius 2 is 1.70 bits per heavy atom. The van der Waals surface area contributed by atoms with Crippen LogP contribution in [0.4, 0.5) is 14.5 Å². The number of nitro groups is 1. The van der Waals surface area contributed by atoms with Crippen LogP contribution in [-0.4, -0.2) is 48.7 Å². The minimum atomic E-state index is -3.86. The van der Waals surface area contributed by atoms with E-state index in [1.54, 1.807) is 0 Å². The molecule has 0 aliphatic carbocycles. The Labute approximate surface area is 155 Å². The van der Waals surface area contributed by atoms with Crippen molar-refractivity contribution in [1.29, 1.82) is 0 Å². The molecule has 0 amide bonds. The van der Waals surface area contributed by atoms with Gasteiger partial charge in [-0.25, -0.2) is 17.2 Å². The topological polar surface area (TPSA) is 83.8 Å². The molecule has 0 N–H and O–H groups in total. The lowest BCUT2D eigenvalue weighted by molar-refractivity contribution is -0.385. The van der Waals surface area contributed by atoms with Gasteiger partial charge < -0.3 is 0 Å². The second-order valence-corrected chi connectivity index (χ2v) is 8.09. The van der Waals surface area contributed by atoms with Crippen molar-refractivity contribution in [1.82, 2.24) is 9.21 Å². The first kappa shape index (κ1) is 19.3. The smallest absolute Gasteiger partial charge is 0.270 e. The van der Waals surface area contributed by atoms with Crippen molar-refractivity contribution in [2.45, 2.75) is 11.4 Å². The van der Waals surface area contributed by atoms with Gasteiger partial charge in [0.2, 0.25) is 10.0 Å². The van der Waals surface area contributed by atoms with E-state index in [0.29, 0.717) is 13.1 Å². The van der Waals surface area contributed by atoms with E-state index in [9.17, 15) is 27.3 Å². The van der Waals surface area contributed by atoms with Crippen LogP contribution in [0.3, 0.4) is 0 Å². The van der Waals surface area contributed by atoms with Crippen LogP contribution in [0, 0.1) is 21.7 Å². The molecule has 2 aromatic rings. The van der Waals surface area contributed by atoms with Crippen molar-refractivity contribution in [2.75, 3.05) is 26.2 Å². The van der Waals surface area contributed by atoms with Crippen LogP contribution >= 0.6 is 0 Å². The number of sulfonamides is 1. The highest BCUT2D eigenvalue weighted by Gasteiger charge is 2.29. The number of piperazine rings is 1. The predicted octanol–water partition coefficient (Wildman–Crippen LogP) is 2.38. The van der Waals surface area contributed by atoms with Crippen LogP contribution in [-0.2, 0) is 16.6 Å². The average molecular weight is 397 g/mol. The van der Waals surface area contributed by atoms with E-state index in [4.69, 9.17) is 0 Å². The summed E-state index contributed by atoms with van der Waals surface area (Å²) in [4.78, 5) is 11.9. The van der Waals surface area contributed by atoms with Crippen molar-refractivity contribution < 1.29 is 22.1 Å². The molecule has 1 heterocycles. The normalized spacial score (nSPS) is 16.4. The molecule has 144 valence electrons. The van der Waals surface area contributed by atoms with Crippen molar-refractivity contribution >= 4 is 15.7 Å². The summed E-state index contributed by atoms with van der Waals surface area (Å²) < 4.78 is 53.7. The molecule has 1 aliphatic heterocycles. The van der Waals surface area contributed by atoms with Gasteiger partial charge in [0.1, 0.15) is 0 Å². The number of rotatable bonds is 5. The van der Waals surface area contributed by atoms with Crippen LogP contribution < -0.4 is 0 Å². The molecular weight excluding hydrogens is 380 g/mol. The van der Waals surface area contributed by atoms with Gasteiger partial charge in [-0.3, -0.25) is 15.0 Å². The first-order chi connectivity index (χ1) is 12.8. The van der Waals surface area contributed by atoms with Gasteiger partial charge in [0.25, 0.3) is 5.69 Å². The lowest BCUT2D eigenvalue weighted by Gasteiger charge is -2.34. The number of nitrogens with zero attached hydrogens (tertiary/aromatic N) is 3. The lowest BCUT2D eigenvalue weighted by atomic mass is 10.2. The third kappa shape index (κ3) is 4.12. The van der Waals surface area contributed by atoms with Crippen LogP contribution in [0.25, 0.3) is 0 Å². The van der Waals surface area contributed by atoms with Crippen LogP contribution in [0.2, 0.25) is 0 Å². The Hall–Kier alpha value is -2.43. The fraction of sp³-hybridized carbons (Fsp3) is 0.294. The maximum atomic E-state index is 13.8. The summed E-state index contributed by atoms with van der Waals surface area (Å²) in [6.45, 7) is 1.16. The highest BCUT2D eigenvalue weighted by molar-refractivity contribution is 7.89. The number of nitro benzene ring substituents is 1. The highest BCUT2D eigenvalue weighted by Crippen LogP contribution is 2.23. The van der Waals surface area contributed by atoms with E-state index in [-0.39, 0.29) is 35.8 Å². The van der Waals surface area contributed by atoms with E-state index < -0.39 is 26.6 Å². The van der Waals surface area contributed by atoms with Crippen LogP contribution in [0.5, 0.6) is 0 Å². The SMILES string of the molecule is O=[N+]([O-])c1cccc(S(=O)(=O)N2CCN(Cc3cccc(F)c3F)CC2)c1. The van der Waals surface area contributed by atoms with Gasteiger partial charge >= 0.3 is 0 Å². The van der Waals surface area contributed by atoms with Gasteiger partial charge in [0.05, 0.1) is 9.82 Å². The maximum Gasteiger partial charge on any atom is 0.270 e. The minimum Gasteiger partial charge on any atom is -0.296 e. The molecule has 0 unspecified atom stereocenters. The van der Waals surface area contributed by atoms with E-state index in [1.165, 1.54) is 34.6 Å². The summed E-state index contributed by atoms with van der Waals surface area (Å²) in [5.74, 6) is -1.82. The molecule has 1 saturated heterocycles. The molecule has 0 spiro atoms. The van der Waals surface area contributed by atoms with Gasteiger partial charge in [-0.15, -0.1) is 0 Å². The maximum absolute atomic E-state index is 13.8. The molecule has 1 fully saturated rings. The first-order valence-electron chi connectivity index (χ1n) is 8.19. The van der Waals surface area contributed by atoms with E-state index >= 15 is 0 Å². The van der Waals surface area contributed by atoms with Gasteiger partial charge in [-0.2, -0.15) is 4.31 Å². The summed E-state index contributed by atoms with van der Waals surface area (Å²) >= 11 is 0. The zero-order valence-corrected chi connectivity index (χ0v) is 15.0. The third-order valence-corrected chi connectivity index (χ3v) is 6.32. The molecule has 2 aromatic carbocycles. The summed E-state index contributed by atoms with van der Waals surface area (Å²) in [5.41, 5.74) is -0.0821. The van der Waals surface area contributed by atoms with Gasteiger partial charge in [-0.05, 0) is 12.1 Å². The average Bonchev–Trinajstić information content (AvgIpc) is 2.66. The number of hydrogen-bond acceptors (Lipinski definition) is 5. The first-order valence-corrected chi connectivity index (χ1v) is 9.63. The molecule has 0 saturated carbocycles. The summed E-state index contributed by atoms with van der Waals surface area (Å²) in [6.07, 6.45) is 0. The molecular formula is C17H17F2N3O4S. The molecule has 27 heavy (non-hydrogen) atoms. The Morgan fingerprint density at radius 3 is 2.37 bits per heavy atom. The van der Waals surface area contributed by atoms with Crippen LogP contribution in [0.15, 0.2) is 47.4 Å². The van der Waals surface area contributed by atoms with Crippen molar-refractivity contribution in [2.24, 2.45) is 0 Å². The van der Waals surface area contributed by atoms with Gasteiger partial charge in [-0.1, -0.05) is 18.2 Å². The number of halogens is 2. The quantitative estimate of drug-likeness (QED) is 0.571. The Balaban J connectivity index is 1.68. The monoisotopic (exact) mass is 397 g/mol. The van der Waals surface area contributed by atoms with Crippen molar-refractivity contribution in [3.63, 3.8) is 0 Å². The predicted molar refractivity (Wildman–Crippen MR) is 93.5 cm³/mol. The lowest BCUT2D eigenvalue weighted by Crippen LogP contribution is -2.48. The molecule has 7 nitrogen and oxygen atoms in total. The molecule has 0 bridgehead atoms. The summed E-state index contributed by atoms with van der Waals surface area (Å²) in [5, 5.41) is 10.9. The second kappa shape index (κ2) is 7.67. The van der Waals surface area contributed by atoms with Crippen molar-refractivity contribution in [3.05, 3.63) is 69.8 Å². The molecule has 3 rings (SSSR count). The third-order valence-electron chi connectivity index (χ3n) is 4.42. The zero-order chi connectivity index (χ0) is 19.6. The number of non-ortho nitro benzene ring substituents is 1. The molecule has 0 radical (unpaired) electrons. The summed E-state index contributed by atoms with van der Waals surface area (Å²) in [7, 11) is -3.86. The number of hydrogen-bond donors (Lipinski definition) is 0. The largest absolute Gasteiger partial charge is 0.296 e. The number of benzene rings is 2. The Morgan fingerprint density at radius 1 is 1.04 bits per heavy atom. The fourth-order valence-electron chi connectivity index (χ4n) is 2.95. The summed E-state index contributed by atoms with van der Waals surface area (Å²) in [6, 6.07) is 8.86. The highest BCUT2D eigenvalue weighted by atomic mass is 32.2. The molecule has 0 atom stereocenters. The standard InChI is InChI=1S/C17H17F2N3O4S/c18-16-6-1-3-13(17(16)19)12-20-7-9-21(10-8-20)27(25,26)15-5-2-4-14(11-15)22(23)24/h1-6,11H,7-10,12H2. The van der Waals surface area contributed by atoms with Crippen molar-refractivity contribution in [3.8, 4) is 0 Å². The molecule has 10 heteroatoms. The van der Waals surface area contributed by atoms with E-state index in [2.05, 4.69) is 0 Å². The Kier molecular flexibility index (Phi) is 5.49. The van der Waals surface area contributed by atoms with Gasteiger partial charge in [0.15, 0.2) is 11.6 Å². The molecule has 1 aliphatic rings. The zero-order valence-electron chi connectivity index (χ0n) is 14.2. The molecule has 0 aromatic heterocycles. The van der Waals surface area contributed by atoms with E-state index in [0.717, 1.165) is 12.1 Å². The minimum absolute atomic E-state index is 0.138. The Bertz CT molecular complexity index is 960. The second-order valence-electron chi connectivity index (χ2n) is 6.15.